The van der Waals surface area contributed by atoms with Crippen molar-refractivity contribution in [1.82, 2.24) is 10.3 Å². The number of hydrogen-bond donors (Lipinski definition) is 1. The Balaban J connectivity index is 2.19. The van der Waals surface area contributed by atoms with Gasteiger partial charge in [-0.05, 0) is 32.0 Å². The maximum absolute atomic E-state index is 5.58. The minimum atomic E-state index is 0.339. The van der Waals surface area contributed by atoms with Crippen molar-refractivity contribution in [3.8, 4) is 5.75 Å². The van der Waals surface area contributed by atoms with Gasteiger partial charge in [-0.3, -0.25) is 4.98 Å². The topological polar surface area (TPSA) is 34.1 Å². The van der Waals surface area contributed by atoms with Crippen molar-refractivity contribution in [3.63, 3.8) is 0 Å². The third kappa shape index (κ3) is 3.83. The SMILES string of the molecule is CCOc1cncc(C(NC)C2SCCSC2CC)c1. The van der Waals surface area contributed by atoms with E-state index in [1.165, 1.54) is 23.5 Å². The van der Waals surface area contributed by atoms with Crippen LogP contribution in [0, 0.1) is 0 Å². The maximum Gasteiger partial charge on any atom is 0.137 e. The zero-order chi connectivity index (χ0) is 14.4. The number of aromatic nitrogens is 1. The summed E-state index contributed by atoms with van der Waals surface area (Å²) in [7, 11) is 2.05. The quantitative estimate of drug-likeness (QED) is 0.871. The fourth-order valence-corrected chi connectivity index (χ4v) is 5.91. The lowest BCUT2D eigenvalue weighted by molar-refractivity contribution is 0.338. The summed E-state index contributed by atoms with van der Waals surface area (Å²) in [6.07, 6.45) is 4.98. The van der Waals surface area contributed by atoms with Gasteiger partial charge in [0.15, 0.2) is 0 Å². The van der Waals surface area contributed by atoms with Gasteiger partial charge in [0, 0.05) is 34.2 Å². The van der Waals surface area contributed by atoms with E-state index in [0.717, 1.165) is 5.75 Å². The van der Waals surface area contributed by atoms with Crippen LogP contribution in [0.25, 0.3) is 0 Å². The number of nitrogens with one attached hydrogen (secondary N) is 1. The molecule has 1 aliphatic heterocycles. The number of hydrogen-bond acceptors (Lipinski definition) is 5. The largest absolute Gasteiger partial charge is 0.492 e. The lowest BCUT2D eigenvalue weighted by Gasteiger charge is -2.36. The fraction of sp³-hybridized carbons (Fsp3) is 0.667. The van der Waals surface area contributed by atoms with Gasteiger partial charge in [0.05, 0.1) is 12.8 Å². The normalized spacial score (nSPS) is 24.4. The molecule has 0 spiro atoms. The van der Waals surface area contributed by atoms with Crippen LogP contribution in [0.3, 0.4) is 0 Å². The van der Waals surface area contributed by atoms with Gasteiger partial charge < -0.3 is 10.1 Å². The standard InChI is InChI=1S/C15H24N2OS2/c1-4-13-15(20-7-6-19-13)14(16-3)11-8-12(18-5-2)10-17-9-11/h8-10,13-16H,4-7H2,1-3H3. The molecule has 1 saturated heterocycles. The van der Waals surface area contributed by atoms with Crippen LogP contribution in [0.1, 0.15) is 31.9 Å². The second kappa shape index (κ2) is 8.15. The van der Waals surface area contributed by atoms with Gasteiger partial charge in [0.1, 0.15) is 5.75 Å². The molecule has 0 amide bonds. The number of nitrogens with zero attached hydrogens (tertiary/aromatic N) is 1. The molecule has 0 saturated carbocycles. The van der Waals surface area contributed by atoms with Crippen molar-refractivity contribution >= 4 is 23.5 Å². The highest BCUT2D eigenvalue weighted by Gasteiger charge is 2.32. The first-order valence-corrected chi connectivity index (χ1v) is 9.38. The molecular weight excluding hydrogens is 288 g/mol. The molecule has 0 aliphatic carbocycles. The maximum atomic E-state index is 5.58. The molecule has 2 heterocycles. The van der Waals surface area contributed by atoms with E-state index >= 15 is 0 Å². The average Bonchev–Trinajstić information content (AvgIpc) is 2.49. The summed E-state index contributed by atoms with van der Waals surface area (Å²) in [5, 5.41) is 4.80. The van der Waals surface area contributed by atoms with Crippen molar-refractivity contribution in [2.45, 2.75) is 36.8 Å². The molecule has 2 rings (SSSR count). The van der Waals surface area contributed by atoms with Crippen molar-refractivity contribution < 1.29 is 4.74 Å². The molecule has 5 heteroatoms. The molecule has 1 aliphatic rings. The van der Waals surface area contributed by atoms with E-state index in [4.69, 9.17) is 4.74 Å². The van der Waals surface area contributed by atoms with Crippen LogP contribution in [0.5, 0.6) is 5.75 Å². The summed E-state index contributed by atoms with van der Waals surface area (Å²) in [5.41, 5.74) is 1.23. The van der Waals surface area contributed by atoms with Gasteiger partial charge in [0.2, 0.25) is 0 Å². The molecule has 1 fully saturated rings. The second-order valence-corrected chi connectivity index (χ2v) is 7.44. The van der Waals surface area contributed by atoms with Gasteiger partial charge >= 0.3 is 0 Å². The summed E-state index contributed by atoms with van der Waals surface area (Å²) in [5.74, 6) is 3.38. The van der Waals surface area contributed by atoms with Gasteiger partial charge in [-0.25, -0.2) is 0 Å². The summed E-state index contributed by atoms with van der Waals surface area (Å²) in [4.78, 5) is 4.34. The van der Waals surface area contributed by atoms with E-state index in [1.54, 1.807) is 6.20 Å². The van der Waals surface area contributed by atoms with Gasteiger partial charge in [0.25, 0.3) is 0 Å². The van der Waals surface area contributed by atoms with E-state index in [9.17, 15) is 0 Å². The Kier molecular flexibility index (Phi) is 6.52. The number of ether oxygens (including phenoxy) is 1. The minimum absolute atomic E-state index is 0.339. The highest BCUT2D eigenvalue weighted by atomic mass is 32.2. The number of thioether (sulfide) groups is 2. The van der Waals surface area contributed by atoms with Crippen molar-refractivity contribution in [2.75, 3.05) is 25.2 Å². The molecule has 3 unspecified atom stereocenters. The Morgan fingerprint density at radius 3 is 2.85 bits per heavy atom. The summed E-state index contributed by atoms with van der Waals surface area (Å²) in [6.45, 7) is 4.97. The molecular formula is C15H24N2OS2. The molecule has 1 N–H and O–H groups in total. The van der Waals surface area contributed by atoms with Crippen LogP contribution in [0.15, 0.2) is 18.5 Å². The van der Waals surface area contributed by atoms with Crippen LogP contribution in [-0.2, 0) is 0 Å². The number of pyridine rings is 1. The van der Waals surface area contributed by atoms with Crippen LogP contribution in [-0.4, -0.2) is 40.6 Å². The Morgan fingerprint density at radius 2 is 2.15 bits per heavy atom. The average molecular weight is 313 g/mol. The van der Waals surface area contributed by atoms with Crippen LogP contribution in [0.2, 0.25) is 0 Å². The highest BCUT2D eigenvalue weighted by molar-refractivity contribution is 8.07. The Hall–Kier alpha value is -0.390. The van der Waals surface area contributed by atoms with E-state index in [-0.39, 0.29) is 0 Å². The van der Waals surface area contributed by atoms with Crippen molar-refractivity contribution in [3.05, 3.63) is 24.0 Å². The first kappa shape index (κ1) is 16.0. The van der Waals surface area contributed by atoms with Crippen molar-refractivity contribution in [2.24, 2.45) is 0 Å². The minimum Gasteiger partial charge on any atom is -0.492 e. The van der Waals surface area contributed by atoms with E-state index in [1.807, 2.05) is 20.2 Å². The molecule has 3 nitrogen and oxygen atoms in total. The Morgan fingerprint density at radius 1 is 1.35 bits per heavy atom. The summed E-state index contributed by atoms with van der Waals surface area (Å²) < 4.78 is 5.58. The zero-order valence-electron chi connectivity index (χ0n) is 12.5. The first-order chi connectivity index (χ1) is 9.80. The lowest BCUT2D eigenvalue weighted by Crippen LogP contribution is -2.37. The molecule has 0 aromatic carbocycles. The Bertz CT molecular complexity index is 417. The van der Waals surface area contributed by atoms with Crippen molar-refractivity contribution in [1.29, 1.82) is 0 Å². The molecule has 1 aromatic rings. The molecule has 0 bridgehead atoms. The van der Waals surface area contributed by atoms with E-state index < -0.39 is 0 Å². The summed E-state index contributed by atoms with van der Waals surface area (Å²) >= 11 is 4.20. The molecule has 1 aromatic heterocycles. The fourth-order valence-electron chi connectivity index (χ4n) is 2.62. The second-order valence-electron chi connectivity index (χ2n) is 4.81. The molecule has 3 atom stereocenters. The van der Waals surface area contributed by atoms with Crippen LogP contribution in [0.4, 0.5) is 0 Å². The Labute approximate surface area is 130 Å². The smallest absolute Gasteiger partial charge is 0.137 e. The van der Waals surface area contributed by atoms with Crippen LogP contribution < -0.4 is 10.1 Å². The van der Waals surface area contributed by atoms with E-state index in [2.05, 4.69) is 46.8 Å². The van der Waals surface area contributed by atoms with Crippen LogP contribution >= 0.6 is 23.5 Å². The van der Waals surface area contributed by atoms with Gasteiger partial charge in [-0.1, -0.05) is 6.92 Å². The monoisotopic (exact) mass is 312 g/mol. The van der Waals surface area contributed by atoms with E-state index in [0.29, 0.717) is 23.1 Å². The zero-order valence-corrected chi connectivity index (χ0v) is 14.1. The third-order valence-electron chi connectivity index (χ3n) is 3.54. The third-order valence-corrected chi connectivity index (χ3v) is 6.89. The first-order valence-electron chi connectivity index (χ1n) is 7.28. The molecule has 20 heavy (non-hydrogen) atoms. The molecule has 112 valence electrons. The highest BCUT2D eigenvalue weighted by Crippen LogP contribution is 2.40. The molecule has 0 radical (unpaired) electrons. The predicted octanol–water partition coefficient (Wildman–Crippen LogP) is 3.37. The summed E-state index contributed by atoms with van der Waals surface area (Å²) in [6, 6.07) is 2.47. The lowest BCUT2D eigenvalue weighted by atomic mass is 10.0. The number of rotatable bonds is 6. The van der Waals surface area contributed by atoms with Gasteiger partial charge in [-0.15, -0.1) is 0 Å². The van der Waals surface area contributed by atoms with Gasteiger partial charge in [-0.2, -0.15) is 23.5 Å². The predicted molar refractivity (Wildman–Crippen MR) is 90.0 cm³/mol.